The zero-order valence-electron chi connectivity index (χ0n) is 16.0. The number of carboxylic acids is 1. The van der Waals surface area contributed by atoms with E-state index in [1.165, 1.54) is 39.0 Å². The van der Waals surface area contributed by atoms with Gasteiger partial charge in [-0.2, -0.15) is 0 Å². The predicted octanol–water partition coefficient (Wildman–Crippen LogP) is 5.36. The Balaban J connectivity index is 4.21. The average Bonchev–Trinajstić information content (AvgIpc) is 2.52. The van der Waals surface area contributed by atoms with E-state index in [-0.39, 0.29) is 12.2 Å². The highest BCUT2D eigenvalue weighted by Crippen LogP contribution is 2.27. The van der Waals surface area contributed by atoms with E-state index >= 15 is 0 Å². The van der Waals surface area contributed by atoms with Gasteiger partial charge in [0.05, 0.1) is 5.75 Å². The summed E-state index contributed by atoms with van der Waals surface area (Å²) in [6.45, 7) is 5.60. The molecular weight excluding hydrogens is 324 g/mol. The number of hydrogen-bond donors (Lipinski definition) is 1. The Bertz CT molecular complexity index is 431. The fourth-order valence-electron chi connectivity index (χ4n) is 2.94. The zero-order valence-corrected chi connectivity index (χ0v) is 16.8. The van der Waals surface area contributed by atoms with Gasteiger partial charge in [-0.1, -0.05) is 84.5 Å². The summed E-state index contributed by atoms with van der Waals surface area (Å²) in [4.78, 5) is 11.6. The van der Waals surface area contributed by atoms with Crippen molar-refractivity contribution in [3.8, 4) is 0 Å². The van der Waals surface area contributed by atoms with Crippen LogP contribution < -0.4 is 0 Å². The third-order valence-corrected chi connectivity index (χ3v) is 7.49. The first-order valence-corrected chi connectivity index (χ1v) is 11.4. The molecular formula is C19H38O4S. The van der Waals surface area contributed by atoms with Gasteiger partial charge in [-0.15, -0.1) is 0 Å². The van der Waals surface area contributed by atoms with Crippen molar-refractivity contribution in [1.29, 1.82) is 0 Å². The van der Waals surface area contributed by atoms with Gasteiger partial charge in [-0.3, -0.25) is 4.79 Å². The van der Waals surface area contributed by atoms with Gasteiger partial charge >= 0.3 is 5.97 Å². The van der Waals surface area contributed by atoms with Crippen molar-refractivity contribution < 1.29 is 18.3 Å². The molecule has 0 aliphatic heterocycles. The summed E-state index contributed by atoms with van der Waals surface area (Å²) in [5.74, 6) is -1.21. The van der Waals surface area contributed by atoms with Gasteiger partial charge < -0.3 is 5.11 Å². The van der Waals surface area contributed by atoms with Crippen LogP contribution in [0.1, 0.15) is 104 Å². The Morgan fingerprint density at radius 1 is 0.792 bits per heavy atom. The van der Waals surface area contributed by atoms with Crippen LogP contribution in [-0.2, 0) is 14.6 Å². The third kappa shape index (κ3) is 8.50. The maximum absolute atomic E-state index is 12.5. The highest BCUT2D eigenvalue weighted by Gasteiger charge is 2.45. The molecule has 0 rings (SSSR count). The highest BCUT2D eigenvalue weighted by atomic mass is 32.2. The Morgan fingerprint density at radius 2 is 1.21 bits per heavy atom. The van der Waals surface area contributed by atoms with Gasteiger partial charge in [-0.05, 0) is 19.8 Å². The molecule has 0 bridgehead atoms. The molecule has 0 aromatic rings. The molecule has 0 aromatic carbocycles. The van der Waals surface area contributed by atoms with E-state index < -0.39 is 20.6 Å². The first-order valence-electron chi connectivity index (χ1n) is 9.77. The van der Waals surface area contributed by atoms with Crippen LogP contribution in [0.2, 0.25) is 0 Å². The van der Waals surface area contributed by atoms with Gasteiger partial charge in [0, 0.05) is 0 Å². The number of hydrogen-bond acceptors (Lipinski definition) is 3. The van der Waals surface area contributed by atoms with Crippen molar-refractivity contribution >= 4 is 15.8 Å². The number of aliphatic carboxylic acids is 1. The SMILES string of the molecule is CCCCCCCCCCCC(C)(C(=O)O)S(=O)(=O)CCCCC. The first-order chi connectivity index (χ1) is 11.3. The van der Waals surface area contributed by atoms with E-state index in [9.17, 15) is 18.3 Å². The maximum atomic E-state index is 12.5. The van der Waals surface area contributed by atoms with Crippen LogP contribution in [0, 0.1) is 0 Å². The third-order valence-electron chi connectivity index (χ3n) is 4.91. The molecule has 4 nitrogen and oxygen atoms in total. The van der Waals surface area contributed by atoms with Gasteiger partial charge in [0.1, 0.15) is 0 Å². The van der Waals surface area contributed by atoms with Crippen molar-refractivity contribution in [2.75, 3.05) is 5.75 Å². The largest absolute Gasteiger partial charge is 0.480 e. The summed E-state index contributed by atoms with van der Waals surface area (Å²) in [6.07, 6.45) is 12.7. The minimum atomic E-state index is -3.60. The average molecular weight is 363 g/mol. The normalized spacial score (nSPS) is 14.5. The van der Waals surface area contributed by atoms with Gasteiger partial charge in [0.2, 0.25) is 0 Å². The summed E-state index contributed by atoms with van der Waals surface area (Å²) >= 11 is 0. The molecule has 0 fully saturated rings. The highest BCUT2D eigenvalue weighted by molar-refractivity contribution is 7.93. The minimum Gasteiger partial charge on any atom is -0.480 e. The molecule has 0 heterocycles. The Labute approximate surface area is 149 Å². The molecule has 0 aliphatic carbocycles. The molecule has 5 heteroatoms. The van der Waals surface area contributed by atoms with Crippen molar-refractivity contribution in [3.05, 3.63) is 0 Å². The second-order valence-electron chi connectivity index (χ2n) is 7.14. The van der Waals surface area contributed by atoms with Crippen molar-refractivity contribution in [3.63, 3.8) is 0 Å². The van der Waals surface area contributed by atoms with Crippen LogP contribution >= 0.6 is 0 Å². The van der Waals surface area contributed by atoms with E-state index in [0.29, 0.717) is 12.8 Å². The summed E-state index contributed by atoms with van der Waals surface area (Å²) < 4.78 is 23.3. The Kier molecular flexibility index (Phi) is 12.4. The van der Waals surface area contributed by atoms with Crippen LogP contribution in [0.5, 0.6) is 0 Å². The van der Waals surface area contributed by atoms with Crippen molar-refractivity contribution in [2.45, 2.75) is 109 Å². The quantitative estimate of drug-likeness (QED) is 0.375. The lowest BCUT2D eigenvalue weighted by molar-refractivity contribution is -0.139. The van der Waals surface area contributed by atoms with Crippen LogP contribution in [0.25, 0.3) is 0 Å². The first kappa shape index (κ1) is 23.4. The molecule has 24 heavy (non-hydrogen) atoms. The number of rotatable bonds is 16. The minimum absolute atomic E-state index is 0.0128. The van der Waals surface area contributed by atoms with E-state index in [0.717, 1.165) is 32.1 Å². The Hall–Kier alpha value is -0.580. The standard InChI is InChI=1S/C19H38O4S/c1-4-6-8-9-10-11-12-13-14-16-19(3,18(20)21)24(22,23)17-15-7-5-2/h4-17H2,1-3H3,(H,20,21). The molecule has 0 saturated carbocycles. The number of sulfone groups is 1. The second kappa shape index (κ2) is 12.7. The molecule has 0 aromatic heterocycles. The fourth-order valence-corrected chi connectivity index (χ4v) is 4.69. The van der Waals surface area contributed by atoms with Gasteiger partial charge in [0.25, 0.3) is 0 Å². The maximum Gasteiger partial charge on any atom is 0.324 e. The number of carboxylic acid groups (broad SMARTS) is 1. The molecule has 0 saturated heterocycles. The lowest BCUT2D eigenvalue weighted by Crippen LogP contribution is -2.45. The smallest absolute Gasteiger partial charge is 0.324 e. The van der Waals surface area contributed by atoms with E-state index in [1.54, 1.807) is 0 Å². The summed E-state index contributed by atoms with van der Waals surface area (Å²) in [5, 5.41) is 9.47. The predicted molar refractivity (Wildman–Crippen MR) is 101 cm³/mol. The second-order valence-corrected chi connectivity index (χ2v) is 9.68. The summed E-state index contributed by atoms with van der Waals surface area (Å²) in [7, 11) is -3.60. The molecule has 1 unspecified atom stereocenters. The van der Waals surface area contributed by atoms with Gasteiger partial charge in [0.15, 0.2) is 14.6 Å². The number of unbranched alkanes of at least 4 members (excludes halogenated alkanes) is 10. The van der Waals surface area contributed by atoms with Crippen molar-refractivity contribution in [2.24, 2.45) is 0 Å². The van der Waals surface area contributed by atoms with E-state index in [2.05, 4.69) is 6.92 Å². The molecule has 0 spiro atoms. The van der Waals surface area contributed by atoms with Gasteiger partial charge in [-0.25, -0.2) is 8.42 Å². The van der Waals surface area contributed by atoms with Crippen LogP contribution in [0.3, 0.4) is 0 Å². The molecule has 0 aliphatic rings. The number of carbonyl (C=O) groups is 1. The molecule has 1 N–H and O–H groups in total. The van der Waals surface area contributed by atoms with E-state index in [4.69, 9.17) is 0 Å². The summed E-state index contributed by atoms with van der Waals surface area (Å²) in [5.41, 5.74) is 0. The van der Waals surface area contributed by atoms with Crippen molar-refractivity contribution in [1.82, 2.24) is 0 Å². The molecule has 0 amide bonds. The molecule has 144 valence electrons. The Morgan fingerprint density at radius 3 is 1.67 bits per heavy atom. The zero-order chi connectivity index (χ0) is 18.5. The van der Waals surface area contributed by atoms with Crippen LogP contribution in [0.15, 0.2) is 0 Å². The monoisotopic (exact) mass is 362 g/mol. The topological polar surface area (TPSA) is 71.4 Å². The summed E-state index contributed by atoms with van der Waals surface area (Å²) in [6, 6.07) is 0. The lowest BCUT2D eigenvalue weighted by Gasteiger charge is -2.25. The van der Waals surface area contributed by atoms with Crippen LogP contribution in [-0.4, -0.2) is 30.0 Å². The van der Waals surface area contributed by atoms with E-state index in [1.807, 2.05) is 6.92 Å². The van der Waals surface area contributed by atoms with Crippen LogP contribution in [0.4, 0.5) is 0 Å². The molecule has 0 radical (unpaired) electrons. The fraction of sp³-hybridized carbons (Fsp3) is 0.947. The molecule has 1 atom stereocenters. The lowest BCUT2D eigenvalue weighted by atomic mass is 10.0.